The molecular formula is C7H9F2N. The maximum Gasteiger partial charge on any atom is 0.243 e. The molecule has 0 aliphatic carbocycles. The highest BCUT2D eigenvalue weighted by Gasteiger charge is 2.32. The number of terminal acetylenes is 1. The quantitative estimate of drug-likeness (QED) is 0.536. The summed E-state index contributed by atoms with van der Waals surface area (Å²) >= 11 is 0. The predicted molar refractivity (Wildman–Crippen MR) is 34.7 cm³/mol. The summed E-state index contributed by atoms with van der Waals surface area (Å²) in [5.74, 6) is 1.44. The van der Waals surface area contributed by atoms with Crippen LogP contribution in [0.2, 0.25) is 0 Å². The summed E-state index contributed by atoms with van der Waals surface area (Å²) in [5, 5.41) is 2.83. The second-order valence-electron chi connectivity index (χ2n) is 2.43. The van der Waals surface area contributed by atoms with Crippen LogP contribution in [0.25, 0.3) is 0 Å². The summed E-state index contributed by atoms with van der Waals surface area (Å²) in [6.07, 6.45) is 2.76. The Hall–Kier alpha value is -0.620. The van der Waals surface area contributed by atoms with E-state index in [9.17, 15) is 8.78 Å². The van der Waals surface area contributed by atoms with Gasteiger partial charge in [-0.15, -0.1) is 12.3 Å². The maximum absolute atomic E-state index is 12.0. The SMILES string of the molecule is C#C[C@@H]1CNC[C@@H]1C(F)F. The van der Waals surface area contributed by atoms with Crippen molar-refractivity contribution in [3.8, 4) is 12.3 Å². The molecule has 0 aromatic rings. The molecule has 0 amide bonds. The van der Waals surface area contributed by atoms with E-state index in [0.717, 1.165) is 0 Å². The summed E-state index contributed by atoms with van der Waals surface area (Å²) in [4.78, 5) is 0. The van der Waals surface area contributed by atoms with Gasteiger partial charge in [-0.3, -0.25) is 0 Å². The van der Waals surface area contributed by atoms with Gasteiger partial charge in [0.25, 0.3) is 0 Å². The average Bonchev–Trinajstić information content (AvgIpc) is 2.33. The number of nitrogens with one attached hydrogen (secondary N) is 1. The molecule has 1 nitrogen and oxygen atoms in total. The molecule has 1 fully saturated rings. The average molecular weight is 145 g/mol. The fourth-order valence-electron chi connectivity index (χ4n) is 1.15. The van der Waals surface area contributed by atoms with Crippen molar-refractivity contribution in [2.24, 2.45) is 11.8 Å². The van der Waals surface area contributed by atoms with E-state index in [1.54, 1.807) is 0 Å². The maximum atomic E-state index is 12.0. The Morgan fingerprint density at radius 1 is 1.50 bits per heavy atom. The lowest BCUT2D eigenvalue weighted by atomic mass is 9.98. The minimum absolute atomic E-state index is 0.278. The molecule has 10 heavy (non-hydrogen) atoms. The van der Waals surface area contributed by atoms with Crippen LogP contribution in [-0.2, 0) is 0 Å². The van der Waals surface area contributed by atoms with Crippen LogP contribution in [0.15, 0.2) is 0 Å². The number of hydrogen-bond donors (Lipinski definition) is 1. The van der Waals surface area contributed by atoms with Crippen molar-refractivity contribution in [3.05, 3.63) is 0 Å². The van der Waals surface area contributed by atoms with E-state index in [0.29, 0.717) is 13.1 Å². The zero-order valence-corrected chi connectivity index (χ0v) is 5.48. The third-order valence-corrected chi connectivity index (χ3v) is 1.80. The monoisotopic (exact) mass is 145 g/mol. The molecule has 0 radical (unpaired) electrons. The Bertz CT molecular complexity index is 150. The van der Waals surface area contributed by atoms with Gasteiger partial charge in [-0.25, -0.2) is 8.78 Å². The highest BCUT2D eigenvalue weighted by Crippen LogP contribution is 2.22. The van der Waals surface area contributed by atoms with Crippen LogP contribution in [0.1, 0.15) is 0 Å². The van der Waals surface area contributed by atoms with Gasteiger partial charge in [-0.1, -0.05) is 0 Å². The zero-order chi connectivity index (χ0) is 7.56. The lowest BCUT2D eigenvalue weighted by Gasteiger charge is -2.10. The van der Waals surface area contributed by atoms with E-state index in [2.05, 4.69) is 11.2 Å². The molecule has 0 aromatic heterocycles. The molecular weight excluding hydrogens is 136 g/mol. The summed E-state index contributed by atoms with van der Waals surface area (Å²) in [5.41, 5.74) is 0. The van der Waals surface area contributed by atoms with Crippen LogP contribution in [0, 0.1) is 24.2 Å². The van der Waals surface area contributed by atoms with Crippen molar-refractivity contribution in [2.75, 3.05) is 13.1 Å². The van der Waals surface area contributed by atoms with E-state index < -0.39 is 12.3 Å². The number of hydrogen-bond acceptors (Lipinski definition) is 1. The Labute approximate surface area is 58.8 Å². The van der Waals surface area contributed by atoms with Crippen LogP contribution in [0.4, 0.5) is 8.78 Å². The van der Waals surface area contributed by atoms with Gasteiger partial charge in [0.1, 0.15) is 0 Å². The number of alkyl halides is 2. The van der Waals surface area contributed by atoms with E-state index in [1.165, 1.54) is 0 Å². The smallest absolute Gasteiger partial charge is 0.243 e. The van der Waals surface area contributed by atoms with Crippen molar-refractivity contribution in [1.29, 1.82) is 0 Å². The Balaban J connectivity index is 2.52. The molecule has 3 heteroatoms. The van der Waals surface area contributed by atoms with Crippen LogP contribution in [0.3, 0.4) is 0 Å². The molecule has 1 aliphatic rings. The Kier molecular flexibility index (Phi) is 2.23. The van der Waals surface area contributed by atoms with Gasteiger partial charge in [0.15, 0.2) is 0 Å². The largest absolute Gasteiger partial charge is 0.315 e. The molecule has 1 rings (SSSR count). The van der Waals surface area contributed by atoms with E-state index >= 15 is 0 Å². The van der Waals surface area contributed by atoms with Crippen LogP contribution >= 0.6 is 0 Å². The second kappa shape index (κ2) is 2.98. The third kappa shape index (κ3) is 1.27. The van der Waals surface area contributed by atoms with Gasteiger partial charge in [0, 0.05) is 24.9 Å². The summed E-state index contributed by atoms with van der Waals surface area (Å²) < 4.78 is 24.1. The van der Waals surface area contributed by atoms with Crippen molar-refractivity contribution in [3.63, 3.8) is 0 Å². The first-order valence-corrected chi connectivity index (χ1v) is 3.20. The minimum Gasteiger partial charge on any atom is -0.315 e. The van der Waals surface area contributed by atoms with Crippen molar-refractivity contribution >= 4 is 0 Å². The first-order valence-electron chi connectivity index (χ1n) is 3.20. The minimum atomic E-state index is -2.28. The van der Waals surface area contributed by atoms with E-state index in [4.69, 9.17) is 6.42 Å². The normalized spacial score (nSPS) is 32.6. The van der Waals surface area contributed by atoms with Gasteiger partial charge in [-0.05, 0) is 0 Å². The zero-order valence-electron chi connectivity index (χ0n) is 5.48. The molecule has 0 aromatic carbocycles. The number of rotatable bonds is 1. The molecule has 2 atom stereocenters. The standard InChI is InChI=1S/C7H9F2N/c1-2-5-3-10-4-6(5)7(8)9/h1,5-7,10H,3-4H2/t5-,6+/m1/s1. The van der Waals surface area contributed by atoms with Crippen molar-refractivity contribution in [2.45, 2.75) is 6.43 Å². The van der Waals surface area contributed by atoms with Gasteiger partial charge < -0.3 is 5.32 Å². The first-order chi connectivity index (χ1) is 4.75. The highest BCUT2D eigenvalue weighted by atomic mass is 19.3. The van der Waals surface area contributed by atoms with Gasteiger partial charge in [0.2, 0.25) is 6.43 Å². The predicted octanol–water partition coefficient (Wildman–Crippen LogP) is 0.720. The Morgan fingerprint density at radius 3 is 2.60 bits per heavy atom. The molecule has 1 N–H and O–H groups in total. The first kappa shape index (κ1) is 7.49. The molecule has 1 aliphatic heterocycles. The fourth-order valence-corrected chi connectivity index (χ4v) is 1.15. The molecule has 0 spiro atoms. The number of halogens is 2. The second-order valence-corrected chi connectivity index (χ2v) is 2.43. The van der Waals surface area contributed by atoms with Crippen LogP contribution in [-0.4, -0.2) is 19.5 Å². The topological polar surface area (TPSA) is 12.0 Å². The molecule has 0 unspecified atom stereocenters. The van der Waals surface area contributed by atoms with E-state index in [1.807, 2.05) is 0 Å². The molecule has 0 bridgehead atoms. The molecule has 1 saturated heterocycles. The van der Waals surface area contributed by atoms with Crippen LogP contribution in [0.5, 0.6) is 0 Å². The lowest BCUT2D eigenvalue weighted by Crippen LogP contribution is -2.19. The molecule has 1 heterocycles. The highest BCUT2D eigenvalue weighted by molar-refractivity contribution is 5.02. The summed E-state index contributed by atoms with van der Waals surface area (Å²) in [6.45, 7) is 0.887. The van der Waals surface area contributed by atoms with E-state index in [-0.39, 0.29) is 5.92 Å². The van der Waals surface area contributed by atoms with Gasteiger partial charge in [-0.2, -0.15) is 0 Å². The van der Waals surface area contributed by atoms with Crippen LogP contribution < -0.4 is 5.32 Å². The van der Waals surface area contributed by atoms with Gasteiger partial charge in [0.05, 0.1) is 0 Å². The Morgan fingerprint density at radius 2 is 2.20 bits per heavy atom. The van der Waals surface area contributed by atoms with Crippen molar-refractivity contribution < 1.29 is 8.78 Å². The fraction of sp³-hybridized carbons (Fsp3) is 0.714. The third-order valence-electron chi connectivity index (χ3n) is 1.80. The van der Waals surface area contributed by atoms with Gasteiger partial charge >= 0.3 is 0 Å². The molecule has 56 valence electrons. The molecule has 0 saturated carbocycles. The summed E-state index contributed by atoms with van der Waals surface area (Å²) in [6, 6.07) is 0. The lowest BCUT2D eigenvalue weighted by molar-refractivity contribution is 0.0753. The summed E-state index contributed by atoms with van der Waals surface area (Å²) in [7, 11) is 0. The van der Waals surface area contributed by atoms with Crippen molar-refractivity contribution in [1.82, 2.24) is 5.32 Å².